The van der Waals surface area contributed by atoms with Gasteiger partial charge < -0.3 is 31.7 Å². The number of benzene rings is 4. The van der Waals surface area contributed by atoms with Gasteiger partial charge in [-0.1, -0.05) is 91.0 Å². The lowest BCUT2D eigenvalue weighted by Crippen LogP contribution is -2.59. The molecular weight excluding hydrogens is 812 g/mol. The second-order valence-corrected chi connectivity index (χ2v) is 15.6. The third kappa shape index (κ3) is 12.6. The number of carboxylic acids is 1. The van der Waals surface area contributed by atoms with Crippen LogP contribution in [0.1, 0.15) is 40.0 Å². The second-order valence-electron chi connectivity index (χ2n) is 14.5. The van der Waals surface area contributed by atoms with Gasteiger partial charge in [-0.15, -0.1) is 11.3 Å². The number of thiophene rings is 1. The van der Waals surface area contributed by atoms with Gasteiger partial charge in [0.05, 0.1) is 5.56 Å². The topological polar surface area (TPSA) is 183 Å². The number of carbonyl (C=O) groups excluding carboxylic acids is 5. The van der Waals surface area contributed by atoms with Gasteiger partial charge in [0.2, 0.25) is 29.5 Å². The van der Waals surface area contributed by atoms with Gasteiger partial charge in [-0.2, -0.15) is 13.2 Å². The SMILES string of the molecule is O=C1CCC(=O)N[C@H](Cc2cccs2)C(=O)N[C@@H](Cc2ccc(-c3ccccc3)cc2)C(=O)N[C@H](Cc2cccc(C(F)(F)F)c2)C(=O)N[C@H](C(=O)O)Cc2ccc(cc2)N1. The predicted octanol–water partition coefficient (Wildman–Crippen LogP) is 5.46. The van der Waals surface area contributed by atoms with E-state index in [0.717, 1.165) is 34.2 Å². The van der Waals surface area contributed by atoms with Crippen molar-refractivity contribution in [3.8, 4) is 11.1 Å². The Balaban J connectivity index is 1.37. The van der Waals surface area contributed by atoms with E-state index in [1.807, 2.05) is 42.5 Å². The van der Waals surface area contributed by atoms with E-state index in [0.29, 0.717) is 16.8 Å². The zero-order chi connectivity index (χ0) is 43.5. The fraction of sp³-hybridized carbons (Fsp3) is 0.244. The molecule has 0 aliphatic carbocycles. The first kappa shape index (κ1) is 43.8. The molecule has 2 aliphatic heterocycles. The number of fused-ring (bicyclic) bond motifs is 18. The van der Waals surface area contributed by atoms with Gasteiger partial charge in [0.15, 0.2) is 0 Å². The lowest BCUT2D eigenvalue weighted by molar-refractivity contribution is -0.142. The van der Waals surface area contributed by atoms with Gasteiger partial charge in [-0.25, -0.2) is 4.79 Å². The molecule has 3 heterocycles. The quantitative estimate of drug-likeness (QED) is 0.112. The highest BCUT2D eigenvalue weighted by molar-refractivity contribution is 7.09. The monoisotopic (exact) mass is 853 g/mol. The second kappa shape index (κ2) is 20.0. The summed E-state index contributed by atoms with van der Waals surface area (Å²) in [4.78, 5) is 81.9. The molecule has 0 radical (unpaired) electrons. The number of amides is 5. The molecule has 5 amide bonds. The van der Waals surface area contributed by atoms with E-state index in [4.69, 9.17) is 0 Å². The van der Waals surface area contributed by atoms with Crippen molar-refractivity contribution < 1.29 is 47.0 Å². The molecule has 7 rings (SSSR count). The van der Waals surface area contributed by atoms with Crippen molar-refractivity contribution in [2.75, 3.05) is 5.32 Å². The van der Waals surface area contributed by atoms with Crippen molar-refractivity contribution >= 4 is 52.5 Å². The smallest absolute Gasteiger partial charge is 0.416 e. The average Bonchev–Trinajstić information content (AvgIpc) is 3.76. The molecule has 0 spiro atoms. The molecule has 16 heteroatoms. The number of anilines is 1. The number of carbonyl (C=O) groups is 6. The van der Waals surface area contributed by atoms with Gasteiger partial charge >= 0.3 is 12.1 Å². The van der Waals surface area contributed by atoms with Crippen LogP contribution in [0.3, 0.4) is 0 Å². The normalized spacial score (nSPS) is 19.7. The maximum atomic E-state index is 14.4. The molecule has 316 valence electrons. The van der Waals surface area contributed by atoms with Crippen LogP contribution in [0.4, 0.5) is 18.9 Å². The number of carboxylic acid groups (broad SMARTS) is 1. The maximum Gasteiger partial charge on any atom is 0.416 e. The molecule has 12 nitrogen and oxygen atoms in total. The van der Waals surface area contributed by atoms with E-state index in [1.54, 1.807) is 29.6 Å². The van der Waals surface area contributed by atoms with Crippen molar-refractivity contribution in [3.63, 3.8) is 0 Å². The van der Waals surface area contributed by atoms with E-state index in [-0.39, 0.29) is 37.7 Å². The molecule has 4 atom stereocenters. The zero-order valence-corrected chi connectivity index (χ0v) is 33.4. The number of alkyl halides is 3. The molecule has 5 aromatic rings. The van der Waals surface area contributed by atoms with E-state index >= 15 is 0 Å². The number of hydrogen-bond donors (Lipinski definition) is 6. The molecule has 0 fully saturated rings. The van der Waals surface area contributed by atoms with Crippen LogP contribution < -0.4 is 26.6 Å². The van der Waals surface area contributed by atoms with Crippen LogP contribution in [0.2, 0.25) is 0 Å². The van der Waals surface area contributed by atoms with Gasteiger partial charge in [0.1, 0.15) is 24.2 Å². The number of nitrogens with one attached hydrogen (secondary N) is 5. The van der Waals surface area contributed by atoms with Crippen LogP contribution in [0.5, 0.6) is 0 Å². The average molecular weight is 854 g/mol. The fourth-order valence-corrected chi connectivity index (χ4v) is 7.51. The highest BCUT2D eigenvalue weighted by atomic mass is 32.1. The van der Waals surface area contributed by atoms with Gasteiger partial charge in [0.25, 0.3) is 0 Å². The summed E-state index contributed by atoms with van der Waals surface area (Å²) in [5.74, 6) is -5.20. The van der Waals surface area contributed by atoms with E-state index in [9.17, 15) is 47.0 Å². The summed E-state index contributed by atoms with van der Waals surface area (Å²) < 4.78 is 41.3. The van der Waals surface area contributed by atoms with Crippen molar-refractivity contribution in [2.45, 2.75) is 68.9 Å². The third-order valence-electron chi connectivity index (χ3n) is 9.97. The number of halogens is 3. The third-order valence-corrected chi connectivity index (χ3v) is 10.9. The van der Waals surface area contributed by atoms with Crippen molar-refractivity contribution in [3.05, 3.63) is 148 Å². The minimum atomic E-state index is -4.72. The largest absolute Gasteiger partial charge is 0.480 e. The van der Waals surface area contributed by atoms with Crippen molar-refractivity contribution in [2.24, 2.45) is 0 Å². The van der Waals surface area contributed by atoms with Crippen molar-refractivity contribution in [1.82, 2.24) is 21.3 Å². The number of rotatable bonds is 8. The maximum absolute atomic E-state index is 14.4. The first-order valence-electron chi connectivity index (χ1n) is 19.3. The molecule has 0 saturated heterocycles. The Bertz CT molecular complexity index is 2340. The number of hydrogen-bond acceptors (Lipinski definition) is 7. The minimum Gasteiger partial charge on any atom is -0.480 e. The number of aliphatic carboxylic acids is 1. The summed E-state index contributed by atoms with van der Waals surface area (Å²) in [6.45, 7) is 0. The zero-order valence-electron chi connectivity index (χ0n) is 32.5. The molecule has 2 aliphatic rings. The summed E-state index contributed by atoms with van der Waals surface area (Å²) in [7, 11) is 0. The van der Waals surface area contributed by atoms with E-state index in [2.05, 4.69) is 26.6 Å². The summed E-state index contributed by atoms with van der Waals surface area (Å²) in [5.41, 5.74) is 2.22. The molecule has 61 heavy (non-hydrogen) atoms. The Morgan fingerprint density at radius 1 is 0.623 bits per heavy atom. The van der Waals surface area contributed by atoms with Gasteiger partial charge in [-0.05, 0) is 57.5 Å². The van der Waals surface area contributed by atoms with Crippen LogP contribution in [0.15, 0.2) is 121 Å². The Morgan fingerprint density at radius 2 is 1.23 bits per heavy atom. The van der Waals surface area contributed by atoms with Crippen LogP contribution in [-0.4, -0.2) is 64.8 Å². The van der Waals surface area contributed by atoms with E-state index in [1.165, 1.54) is 41.7 Å². The minimum absolute atomic E-state index is 0.0149. The fourth-order valence-electron chi connectivity index (χ4n) is 6.76. The Labute approximate surface area is 353 Å². The summed E-state index contributed by atoms with van der Waals surface area (Å²) in [5, 5.41) is 25.0. The highest BCUT2D eigenvalue weighted by Crippen LogP contribution is 2.30. The summed E-state index contributed by atoms with van der Waals surface area (Å²) in [6.07, 6.45) is -6.03. The molecule has 2 bridgehead atoms. The highest BCUT2D eigenvalue weighted by Gasteiger charge is 2.34. The van der Waals surface area contributed by atoms with Crippen LogP contribution in [-0.2, 0) is 60.6 Å². The standard InChI is InChI=1S/C45H42F3N5O7S/c46-45(47,48)32-9-4-6-29(22-32)25-36-42(57)53-38(44(59)60)24-28-13-17-33(18-14-28)49-39(54)19-20-40(55)50-37(26-34-10-5-21-61-34)43(58)51-35(41(56)52-36)23-27-11-15-31(16-12-27)30-7-2-1-3-8-30/h1-18,21-22,35-38H,19-20,23-26H2,(H,49,54)(H,50,55)(H,51,58)(H,52,56)(H,53,57)(H,59,60)/t35-,36+,37+,38-/m0/s1. The van der Waals surface area contributed by atoms with Crippen molar-refractivity contribution in [1.29, 1.82) is 0 Å². The van der Waals surface area contributed by atoms with Crippen LogP contribution >= 0.6 is 11.3 Å². The van der Waals surface area contributed by atoms with Crippen LogP contribution in [0.25, 0.3) is 11.1 Å². The predicted molar refractivity (Wildman–Crippen MR) is 222 cm³/mol. The Kier molecular flexibility index (Phi) is 14.3. The van der Waals surface area contributed by atoms with Crippen LogP contribution in [0, 0.1) is 0 Å². The molecular formula is C45H42F3N5O7S. The Morgan fingerprint density at radius 3 is 1.85 bits per heavy atom. The molecule has 0 saturated carbocycles. The van der Waals surface area contributed by atoms with Gasteiger partial charge in [0, 0.05) is 49.1 Å². The molecule has 4 aromatic carbocycles. The first-order valence-corrected chi connectivity index (χ1v) is 20.2. The van der Waals surface area contributed by atoms with Gasteiger partial charge in [-0.3, -0.25) is 24.0 Å². The summed E-state index contributed by atoms with van der Waals surface area (Å²) in [6, 6.07) is 24.7. The molecule has 6 N–H and O–H groups in total. The summed E-state index contributed by atoms with van der Waals surface area (Å²) >= 11 is 1.34. The lowest BCUT2D eigenvalue weighted by Gasteiger charge is -2.26. The molecule has 1 aromatic heterocycles. The molecule has 0 unspecified atom stereocenters. The first-order chi connectivity index (χ1) is 29.2. The lowest BCUT2D eigenvalue weighted by atomic mass is 9.98. The van der Waals surface area contributed by atoms with E-state index < -0.39 is 77.8 Å². The Hall–Kier alpha value is -6.81.